The van der Waals surface area contributed by atoms with E-state index in [1.165, 1.54) is 7.11 Å². The maximum absolute atomic E-state index is 12.9. The van der Waals surface area contributed by atoms with Crippen LogP contribution in [-0.4, -0.2) is 36.3 Å². The molecule has 0 aliphatic carbocycles. The Bertz CT molecular complexity index is 1420. The lowest BCUT2D eigenvalue weighted by atomic mass is 10.1. The number of hydrogen-bond donors (Lipinski definition) is 0. The minimum Gasteiger partial charge on any atom is -0.493 e. The minimum absolute atomic E-state index is 0.102. The van der Waals surface area contributed by atoms with Crippen molar-refractivity contribution in [1.82, 2.24) is 4.90 Å². The van der Waals surface area contributed by atoms with Crippen molar-refractivity contribution in [3.8, 4) is 23.3 Å². The first kappa shape index (κ1) is 26.9. The Morgan fingerprint density at radius 2 is 1.84 bits per heavy atom. The van der Waals surface area contributed by atoms with Gasteiger partial charge in [0.05, 0.1) is 38.8 Å². The number of methoxy groups -OCH3 is 1. The molecule has 188 valence electrons. The smallest absolute Gasteiger partial charge is 0.293 e. The number of carbonyl (C=O) groups is 2. The van der Waals surface area contributed by atoms with E-state index in [9.17, 15) is 14.9 Å². The lowest BCUT2D eigenvalue weighted by Gasteiger charge is -2.14. The quantitative estimate of drug-likeness (QED) is 0.193. The molecule has 0 radical (unpaired) electrons. The van der Waals surface area contributed by atoms with Crippen LogP contribution in [0.2, 0.25) is 5.02 Å². The van der Waals surface area contributed by atoms with Crippen LogP contribution in [0.15, 0.2) is 65.6 Å². The predicted octanol–water partition coefficient (Wildman–Crippen LogP) is 6.52. The number of para-hydroxylation sites is 1. The molecule has 0 bridgehead atoms. The van der Waals surface area contributed by atoms with Gasteiger partial charge in [-0.1, -0.05) is 41.9 Å². The van der Waals surface area contributed by atoms with Gasteiger partial charge in [-0.15, -0.1) is 0 Å². The molecule has 3 aromatic rings. The summed E-state index contributed by atoms with van der Waals surface area (Å²) in [6, 6.07) is 20.0. The van der Waals surface area contributed by atoms with E-state index in [0.29, 0.717) is 38.3 Å². The summed E-state index contributed by atoms with van der Waals surface area (Å²) in [5.74, 6) is 1.10. The third-order valence-electron chi connectivity index (χ3n) is 5.34. The van der Waals surface area contributed by atoms with Crippen molar-refractivity contribution in [3.05, 3.63) is 90.9 Å². The van der Waals surface area contributed by atoms with Gasteiger partial charge in [0.2, 0.25) is 0 Å². The molecule has 0 atom stereocenters. The molecular weight excluding hydrogens is 627 g/mol. The Morgan fingerprint density at radius 3 is 2.59 bits per heavy atom. The fourth-order valence-electron chi connectivity index (χ4n) is 3.52. The van der Waals surface area contributed by atoms with Crippen molar-refractivity contribution in [1.29, 1.82) is 5.26 Å². The number of carbonyl (C=O) groups excluding carboxylic acids is 2. The summed E-state index contributed by atoms with van der Waals surface area (Å²) >= 11 is 9.08. The SMILES string of the molecule is COc1cc(/C=C2\SC(=O)N(CCOc3ccccc3Cl)C2=O)cc(I)c1OCc1ccccc1C#N. The van der Waals surface area contributed by atoms with Gasteiger partial charge in [-0.3, -0.25) is 14.5 Å². The molecule has 0 spiro atoms. The van der Waals surface area contributed by atoms with E-state index >= 15 is 0 Å². The predicted molar refractivity (Wildman–Crippen MR) is 151 cm³/mol. The third-order valence-corrected chi connectivity index (χ3v) is 7.36. The highest BCUT2D eigenvalue weighted by molar-refractivity contribution is 14.1. The normalized spacial score (nSPS) is 14.1. The highest BCUT2D eigenvalue weighted by atomic mass is 127. The number of benzene rings is 3. The summed E-state index contributed by atoms with van der Waals surface area (Å²) in [7, 11) is 1.53. The van der Waals surface area contributed by atoms with Gasteiger partial charge in [-0.2, -0.15) is 5.26 Å². The van der Waals surface area contributed by atoms with Crippen LogP contribution < -0.4 is 14.2 Å². The monoisotopic (exact) mass is 646 g/mol. The summed E-state index contributed by atoms with van der Waals surface area (Å²) in [6.07, 6.45) is 1.65. The minimum atomic E-state index is -0.389. The third kappa shape index (κ3) is 6.39. The first-order valence-electron chi connectivity index (χ1n) is 11.0. The number of hydrogen-bond acceptors (Lipinski definition) is 7. The van der Waals surface area contributed by atoms with Gasteiger partial charge < -0.3 is 14.2 Å². The number of imide groups is 1. The van der Waals surface area contributed by atoms with Gasteiger partial charge >= 0.3 is 0 Å². The molecule has 1 fully saturated rings. The second kappa shape index (κ2) is 12.4. The second-order valence-corrected chi connectivity index (χ2v) is 10.3. The molecule has 0 N–H and O–H groups in total. The van der Waals surface area contributed by atoms with Gasteiger partial charge in [0, 0.05) is 5.56 Å². The van der Waals surface area contributed by atoms with Crippen LogP contribution in [0.3, 0.4) is 0 Å². The lowest BCUT2D eigenvalue weighted by Crippen LogP contribution is -2.32. The largest absolute Gasteiger partial charge is 0.493 e. The molecule has 1 saturated heterocycles. The van der Waals surface area contributed by atoms with Gasteiger partial charge in [-0.05, 0) is 76.3 Å². The van der Waals surface area contributed by atoms with E-state index in [-0.39, 0.29) is 30.9 Å². The van der Waals surface area contributed by atoms with Crippen LogP contribution in [0, 0.1) is 14.9 Å². The fraction of sp³-hybridized carbons (Fsp3) is 0.148. The van der Waals surface area contributed by atoms with Gasteiger partial charge in [0.1, 0.15) is 19.0 Å². The van der Waals surface area contributed by atoms with E-state index in [1.54, 1.807) is 48.5 Å². The van der Waals surface area contributed by atoms with Crippen molar-refractivity contribution >= 4 is 63.2 Å². The standard InChI is InChI=1S/C27H20ClIN2O5S/c1-34-23-13-17(12-21(29)25(23)36-16-19-7-3-2-6-18(19)15-30)14-24-26(32)31(27(33)37-24)10-11-35-22-9-5-4-8-20(22)28/h2-9,12-14H,10-11,16H2,1H3/b24-14-. The molecule has 0 aromatic heterocycles. The molecule has 4 rings (SSSR count). The number of rotatable bonds is 9. The van der Waals surface area contributed by atoms with Crippen LogP contribution in [-0.2, 0) is 11.4 Å². The Morgan fingerprint density at radius 1 is 1.08 bits per heavy atom. The molecule has 1 heterocycles. The zero-order valence-electron chi connectivity index (χ0n) is 19.6. The molecule has 2 amide bonds. The summed E-state index contributed by atoms with van der Waals surface area (Å²) in [5, 5.41) is 9.40. The van der Waals surface area contributed by atoms with Crippen LogP contribution in [0.4, 0.5) is 4.79 Å². The highest BCUT2D eigenvalue weighted by Gasteiger charge is 2.35. The summed E-state index contributed by atoms with van der Waals surface area (Å²) in [4.78, 5) is 26.8. The summed E-state index contributed by atoms with van der Waals surface area (Å²) < 4.78 is 17.9. The van der Waals surface area contributed by atoms with Gasteiger partial charge in [0.25, 0.3) is 11.1 Å². The maximum Gasteiger partial charge on any atom is 0.293 e. The Labute approximate surface area is 237 Å². The van der Waals surface area contributed by atoms with Crippen molar-refractivity contribution in [2.75, 3.05) is 20.3 Å². The zero-order valence-corrected chi connectivity index (χ0v) is 23.3. The number of thioether (sulfide) groups is 1. The molecule has 1 aliphatic rings. The fourth-order valence-corrected chi connectivity index (χ4v) is 5.36. The molecule has 3 aromatic carbocycles. The average Bonchev–Trinajstić information content (AvgIpc) is 3.16. The van der Waals surface area contributed by atoms with E-state index in [1.807, 2.05) is 18.2 Å². The van der Waals surface area contributed by atoms with E-state index < -0.39 is 0 Å². The molecular formula is C27H20ClIN2O5S. The molecule has 1 aliphatic heterocycles. The van der Waals surface area contributed by atoms with Crippen LogP contribution in [0.25, 0.3) is 6.08 Å². The van der Waals surface area contributed by atoms with Gasteiger partial charge in [0.15, 0.2) is 11.5 Å². The van der Waals surface area contributed by atoms with Crippen LogP contribution in [0.1, 0.15) is 16.7 Å². The number of halogens is 2. The lowest BCUT2D eigenvalue weighted by molar-refractivity contribution is -0.123. The molecule has 37 heavy (non-hydrogen) atoms. The van der Waals surface area contributed by atoms with Crippen LogP contribution in [0.5, 0.6) is 17.2 Å². The van der Waals surface area contributed by atoms with E-state index in [0.717, 1.165) is 25.8 Å². The number of ether oxygens (including phenoxy) is 3. The maximum atomic E-state index is 12.9. The van der Waals surface area contributed by atoms with E-state index in [2.05, 4.69) is 28.7 Å². The van der Waals surface area contributed by atoms with Crippen molar-refractivity contribution in [2.24, 2.45) is 0 Å². The molecule has 0 unspecified atom stereocenters. The number of nitriles is 1. The Hall–Kier alpha value is -3.20. The average molecular weight is 647 g/mol. The van der Waals surface area contributed by atoms with E-state index in [4.69, 9.17) is 25.8 Å². The first-order chi connectivity index (χ1) is 17.9. The Kier molecular flexibility index (Phi) is 8.97. The molecule has 0 saturated carbocycles. The highest BCUT2D eigenvalue weighted by Crippen LogP contribution is 2.38. The Balaban J connectivity index is 1.46. The molecule has 10 heteroatoms. The summed E-state index contributed by atoms with van der Waals surface area (Å²) in [5.41, 5.74) is 1.99. The summed E-state index contributed by atoms with van der Waals surface area (Å²) in [6.45, 7) is 0.428. The van der Waals surface area contributed by atoms with Crippen molar-refractivity contribution < 1.29 is 23.8 Å². The topological polar surface area (TPSA) is 88.9 Å². The van der Waals surface area contributed by atoms with Crippen molar-refractivity contribution in [2.45, 2.75) is 6.61 Å². The van der Waals surface area contributed by atoms with Crippen molar-refractivity contribution in [3.63, 3.8) is 0 Å². The van der Waals surface area contributed by atoms with Gasteiger partial charge in [-0.25, -0.2) is 0 Å². The first-order valence-corrected chi connectivity index (χ1v) is 13.3. The number of nitrogens with zero attached hydrogens (tertiary/aromatic N) is 2. The number of amides is 2. The second-order valence-electron chi connectivity index (χ2n) is 7.70. The van der Waals surface area contributed by atoms with Crippen LogP contribution >= 0.6 is 46.0 Å². The zero-order chi connectivity index (χ0) is 26.4. The molecule has 7 nitrogen and oxygen atoms in total.